The molecule has 1 radical (unpaired) electrons. The van der Waals surface area contributed by atoms with Crippen LogP contribution in [-0.4, -0.2) is 32.2 Å². The quantitative estimate of drug-likeness (QED) is 0.322. The Morgan fingerprint density at radius 3 is 2.83 bits per heavy atom. The van der Waals surface area contributed by atoms with Crippen molar-refractivity contribution in [3.63, 3.8) is 0 Å². The van der Waals surface area contributed by atoms with Crippen LogP contribution in [0.1, 0.15) is 0 Å². The van der Waals surface area contributed by atoms with Crippen molar-refractivity contribution in [3.8, 4) is 0 Å². The van der Waals surface area contributed by atoms with E-state index in [1.165, 1.54) is 0 Å². The third-order valence-corrected chi connectivity index (χ3v) is 0.653. The Hall–Kier alpha value is 0.110. The van der Waals surface area contributed by atoms with Gasteiger partial charge in [0.1, 0.15) is 0 Å². The summed E-state index contributed by atoms with van der Waals surface area (Å²) in [4.78, 5) is 3.73. The van der Waals surface area contributed by atoms with Crippen molar-refractivity contribution in [1.82, 2.24) is 4.99 Å². The molecular formula is C4H5NTe+. The van der Waals surface area contributed by atoms with Gasteiger partial charge in [-0.3, -0.25) is 0 Å². The van der Waals surface area contributed by atoms with Gasteiger partial charge in [-0.25, -0.2) is 0 Å². The number of nitrogens with zero attached hydrogens (tertiary/aromatic N) is 1. The summed E-state index contributed by atoms with van der Waals surface area (Å²) in [6, 6.07) is 0. The van der Waals surface area contributed by atoms with Gasteiger partial charge in [-0.05, 0) is 0 Å². The fraction of sp³-hybridized carbons (Fsp3) is 0.250. The molecule has 0 bridgehead atoms. The molecule has 31 valence electrons. The zero-order valence-corrected chi connectivity index (χ0v) is 5.68. The van der Waals surface area contributed by atoms with Crippen molar-refractivity contribution in [3.05, 3.63) is 12.7 Å². The number of rotatable bonds is 2. The van der Waals surface area contributed by atoms with Crippen LogP contribution < -0.4 is 4.99 Å². The summed E-state index contributed by atoms with van der Waals surface area (Å²) in [5.41, 5.74) is 0. The second kappa shape index (κ2) is 5.11. The Balaban J connectivity index is 3.07. The molecule has 0 rings (SSSR count). The zero-order chi connectivity index (χ0) is 4.83. The van der Waals surface area contributed by atoms with Crippen molar-refractivity contribution in [2.75, 3.05) is 6.54 Å². The van der Waals surface area contributed by atoms with Crippen LogP contribution in [0.25, 0.3) is 0 Å². The average molecular weight is 195 g/mol. The molecule has 0 aliphatic heterocycles. The topological polar surface area (TPSA) is 14.1 Å². The van der Waals surface area contributed by atoms with Gasteiger partial charge in [0.2, 0.25) is 0 Å². The van der Waals surface area contributed by atoms with Crippen molar-refractivity contribution < 1.29 is 0 Å². The summed E-state index contributed by atoms with van der Waals surface area (Å²) in [6.07, 6.45) is 1.73. The van der Waals surface area contributed by atoms with E-state index in [0.717, 1.165) is 0 Å². The van der Waals surface area contributed by atoms with Crippen LogP contribution in [-0.2, 0) is 0 Å². The molecule has 0 atom stereocenters. The van der Waals surface area contributed by atoms with Crippen LogP contribution in [0.15, 0.2) is 12.7 Å². The molecule has 0 aromatic heterocycles. The minimum absolute atomic E-state index is 0.693. The van der Waals surface area contributed by atoms with Crippen molar-refractivity contribution in [2.24, 2.45) is 0 Å². The summed E-state index contributed by atoms with van der Waals surface area (Å²) in [5, 5.41) is 0. The monoisotopic (exact) mass is 197 g/mol. The maximum atomic E-state index is 3.73. The summed E-state index contributed by atoms with van der Waals surface area (Å²) < 4.78 is 2.63. The molecule has 0 aromatic carbocycles. The van der Waals surface area contributed by atoms with Gasteiger partial charge in [0, 0.05) is 0 Å². The molecule has 0 unspecified atom stereocenters. The van der Waals surface area contributed by atoms with Gasteiger partial charge in [0.25, 0.3) is 0 Å². The summed E-state index contributed by atoms with van der Waals surface area (Å²) >= 11 is 1.71. The second-order valence-corrected chi connectivity index (χ2v) is 1.24. The molecule has 0 aromatic rings. The average Bonchev–Trinajstić information content (AvgIpc) is 1.61. The summed E-state index contributed by atoms with van der Waals surface area (Å²) in [5.74, 6) is 0. The van der Waals surface area contributed by atoms with E-state index in [1.807, 2.05) is 0 Å². The molecule has 0 amide bonds. The molecule has 0 saturated carbocycles. The van der Waals surface area contributed by atoms with E-state index in [9.17, 15) is 0 Å². The van der Waals surface area contributed by atoms with Crippen LogP contribution in [0.5, 0.6) is 0 Å². The van der Waals surface area contributed by atoms with E-state index in [1.54, 1.807) is 27.9 Å². The van der Waals surface area contributed by atoms with E-state index in [-0.39, 0.29) is 0 Å². The van der Waals surface area contributed by atoms with E-state index >= 15 is 0 Å². The molecule has 0 fully saturated rings. The normalized spacial score (nSPS) is 6.00. The first-order chi connectivity index (χ1) is 2.91. The standard InChI is InChI=1S/C4H5NTe/c1-2-3-5-4-6/h2H,1,3H2/q+1. The summed E-state index contributed by atoms with van der Waals surface area (Å²) in [7, 11) is 0. The maximum absolute atomic E-state index is 3.73. The van der Waals surface area contributed by atoms with E-state index in [0.29, 0.717) is 6.54 Å². The second-order valence-electron chi connectivity index (χ2n) is 0.721. The van der Waals surface area contributed by atoms with Crippen molar-refractivity contribution in [1.29, 1.82) is 0 Å². The van der Waals surface area contributed by atoms with Crippen LogP contribution in [0, 0.1) is 0 Å². The Labute approximate surface area is 50.2 Å². The molecule has 0 spiro atoms. The SMILES string of the molecule is C=CC[N+]=C=[Te]. The fourth-order valence-electron chi connectivity index (χ4n) is 0.102. The number of hydrogen-bond donors (Lipinski definition) is 0. The van der Waals surface area contributed by atoms with Gasteiger partial charge < -0.3 is 0 Å². The molecule has 2 heteroatoms. The first-order valence-corrected chi connectivity index (χ1v) is 2.73. The van der Waals surface area contributed by atoms with Crippen LogP contribution in [0.2, 0.25) is 0 Å². The van der Waals surface area contributed by atoms with Crippen LogP contribution in [0.4, 0.5) is 0 Å². The molecular weight excluding hydrogens is 190 g/mol. The van der Waals surface area contributed by atoms with E-state index < -0.39 is 0 Å². The van der Waals surface area contributed by atoms with Gasteiger partial charge in [0.05, 0.1) is 0 Å². The van der Waals surface area contributed by atoms with E-state index in [4.69, 9.17) is 0 Å². The predicted octanol–water partition coefficient (Wildman–Crippen LogP) is -0.418. The third kappa shape index (κ3) is 4.11. The van der Waals surface area contributed by atoms with Gasteiger partial charge >= 0.3 is 49.9 Å². The van der Waals surface area contributed by atoms with Crippen LogP contribution in [0.3, 0.4) is 0 Å². The molecule has 1 nitrogen and oxygen atoms in total. The minimum atomic E-state index is 0.693. The Morgan fingerprint density at radius 1 is 2.00 bits per heavy atom. The Bertz CT molecular complexity index is 81.5. The number of aliphatic imine (C=N–C) groups is 1. The van der Waals surface area contributed by atoms with Gasteiger partial charge in [-0.1, -0.05) is 0 Å². The fourth-order valence-corrected chi connectivity index (χ4v) is 0.315. The van der Waals surface area contributed by atoms with Gasteiger partial charge in [0.15, 0.2) is 0 Å². The molecule has 0 N–H and O–H groups in total. The summed E-state index contributed by atoms with van der Waals surface area (Å²) in [6.45, 7) is 4.16. The molecule has 0 saturated heterocycles. The Kier molecular flexibility index (Phi) is 5.20. The van der Waals surface area contributed by atoms with Crippen LogP contribution >= 0.6 is 0 Å². The van der Waals surface area contributed by atoms with Crippen molar-refractivity contribution >= 4 is 25.7 Å². The van der Waals surface area contributed by atoms with Gasteiger partial charge in [-0.2, -0.15) is 0 Å². The zero-order valence-electron chi connectivity index (χ0n) is 3.35. The number of hydrogen-bond acceptors (Lipinski definition) is 1. The molecule has 0 aliphatic carbocycles. The molecule has 0 heterocycles. The first kappa shape index (κ1) is 6.11. The Morgan fingerprint density at radius 2 is 2.67 bits per heavy atom. The van der Waals surface area contributed by atoms with Gasteiger partial charge in [-0.15, -0.1) is 0 Å². The predicted molar refractivity (Wildman–Crippen MR) is 28.0 cm³/mol. The molecule has 0 aliphatic rings. The third-order valence-electron chi connectivity index (χ3n) is 0.285. The first-order valence-electron chi connectivity index (χ1n) is 1.56. The van der Waals surface area contributed by atoms with Crippen molar-refractivity contribution in [2.45, 2.75) is 0 Å². The van der Waals surface area contributed by atoms with E-state index in [2.05, 4.69) is 15.4 Å². The molecule has 6 heavy (non-hydrogen) atoms.